The van der Waals surface area contributed by atoms with Gasteiger partial charge in [-0.1, -0.05) is 18.2 Å². The van der Waals surface area contributed by atoms with Crippen LogP contribution < -0.4 is 10.1 Å². The molecule has 138 valence electrons. The minimum atomic E-state index is -0.664. The lowest BCUT2D eigenvalue weighted by Crippen LogP contribution is -2.23. The molecule has 0 aliphatic heterocycles. The van der Waals surface area contributed by atoms with Gasteiger partial charge in [-0.25, -0.2) is 13.8 Å². The van der Waals surface area contributed by atoms with Crippen LogP contribution >= 0.6 is 11.3 Å². The maximum atomic E-state index is 13.8. The highest BCUT2D eigenvalue weighted by Crippen LogP contribution is 2.32. The van der Waals surface area contributed by atoms with E-state index in [1.807, 2.05) is 6.07 Å². The number of hydrogen-bond donors (Lipinski definition) is 1. The number of nitrogens with zero attached hydrogens (tertiary/aromatic N) is 1. The molecule has 0 atom stereocenters. The van der Waals surface area contributed by atoms with E-state index >= 15 is 0 Å². The summed E-state index contributed by atoms with van der Waals surface area (Å²) in [7, 11) is 0. The molecule has 3 aromatic rings. The van der Waals surface area contributed by atoms with E-state index in [0.29, 0.717) is 28.6 Å². The van der Waals surface area contributed by atoms with Crippen molar-refractivity contribution in [3.05, 3.63) is 83.4 Å². The van der Waals surface area contributed by atoms with Crippen molar-refractivity contribution in [3.8, 4) is 16.3 Å². The number of aromatic nitrogens is 1. The van der Waals surface area contributed by atoms with Crippen LogP contribution in [0.1, 0.15) is 16.1 Å². The molecule has 3 rings (SSSR count). The fourth-order valence-electron chi connectivity index (χ4n) is 2.32. The summed E-state index contributed by atoms with van der Waals surface area (Å²) in [4.78, 5) is 16.3. The van der Waals surface area contributed by atoms with Gasteiger partial charge < -0.3 is 10.1 Å². The largest absolute Gasteiger partial charge is 0.488 e. The minimum absolute atomic E-state index is 0.0544. The van der Waals surface area contributed by atoms with E-state index in [-0.39, 0.29) is 18.1 Å². The van der Waals surface area contributed by atoms with Crippen LogP contribution in [0.4, 0.5) is 8.78 Å². The van der Waals surface area contributed by atoms with Gasteiger partial charge in [0.1, 0.15) is 34.7 Å². The van der Waals surface area contributed by atoms with Gasteiger partial charge in [0.25, 0.3) is 5.91 Å². The molecule has 7 heteroatoms. The number of hydrogen-bond acceptors (Lipinski definition) is 4. The smallest absolute Gasteiger partial charge is 0.271 e. The second kappa shape index (κ2) is 8.55. The first-order valence-electron chi connectivity index (χ1n) is 8.09. The molecule has 0 aliphatic rings. The summed E-state index contributed by atoms with van der Waals surface area (Å²) in [5.74, 6) is -1.09. The predicted molar refractivity (Wildman–Crippen MR) is 101 cm³/mol. The van der Waals surface area contributed by atoms with Crippen molar-refractivity contribution in [1.82, 2.24) is 10.3 Å². The molecule has 2 aromatic carbocycles. The molecule has 1 aromatic heterocycles. The van der Waals surface area contributed by atoms with Crippen molar-refractivity contribution < 1.29 is 18.3 Å². The van der Waals surface area contributed by atoms with Crippen molar-refractivity contribution in [2.45, 2.75) is 6.61 Å². The predicted octanol–water partition coefficient (Wildman–Crippen LogP) is 4.58. The van der Waals surface area contributed by atoms with Gasteiger partial charge in [0, 0.05) is 23.6 Å². The first-order valence-corrected chi connectivity index (χ1v) is 8.97. The van der Waals surface area contributed by atoms with Gasteiger partial charge in [-0.05, 0) is 24.3 Å². The lowest BCUT2D eigenvalue weighted by Gasteiger charge is -2.10. The fourth-order valence-corrected chi connectivity index (χ4v) is 3.15. The topological polar surface area (TPSA) is 51.2 Å². The van der Waals surface area contributed by atoms with Crippen molar-refractivity contribution in [1.29, 1.82) is 0 Å². The van der Waals surface area contributed by atoms with Crippen LogP contribution in [0.15, 0.2) is 60.5 Å². The number of ether oxygens (including phenoxy) is 1. The van der Waals surface area contributed by atoms with Crippen molar-refractivity contribution in [3.63, 3.8) is 0 Å². The number of para-hydroxylation sites is 1. The van der Waals surface area contributed by atoms with Gasteiger partial charge in [0.05, 0.1) is 5.56 Å². The van der Waals surface area contributed by atoms with Gasteiger partial charge in [0.15, 0.2) is 0 Å². The van der Waals surface area contributed by atoms with Crippen molar-refractivity contribution in [2.75, 3.05) is 6.54 Å². The second-order valence-electron chi connectivity index (χ2n) is 5.56. The average Bonchev–Trinajstić information content (AvgIpc) is 3.16. The molecule has 0 bridgehead atoms. The molecule has 27 heavy (non-hydrogen) atoms. The molecule has 0 spiro atoms. The van der Waals surface area contributed by atoms with E-state index in [2.05, 4.69) is 16.9 Å². The molecule has 1 N–H and O–H groups in total. The van der Waals surface area contributed by atoms with E-state index in [0.717, 1.165) is 6.07 Å². The first-order chi connectivity index (χ1) is 13.1. The Labute approximate surface area is 159 Å². The quantitative estimate of drug-likeness (QED) is 0.605. The molecule has 0 aliphatic carbocycles. The number of amides is 1. The Morgan fingerprint density at radius 3 is 2.85 bits per heavy atom. The van der Waals surface area contributed by atoms with Gasteiger partial charge in [-0.3, -0.25) is 4.79 Å². The lowest BCUT2D eigenvalue weighted by atomic mass is 10.2. The van der Waals surface area contributed by atoms with E-state index < -0.39 is 11.6 Å². The third-order valence-electron chi connectivity index (χ3n) is 3.66. The fraction of sp³-hybridized carbons (Fsp3) is 0.100. The molecule has 1 heterocycles. The molecule has 0 unspecified atom stereocenters. The normalized spacial score (nSPS) is 10.4. The molecular formula is C20H16F2N2O2S. The summed E-state index contributed by atoms with van der Waals surface area (Å²) in [5, 5.41) is 4.93. The number of halogens is 2. The van der Waals surface area contributed by atoms with E-state index in [1.165, 1.54) is 23.5 Å². The number of carbonyl (C=O) groups excluding carboxylic acids is 1. The van der Waals surface area contributed by atoms with Gasteiger partial charge in [-0.15, -0.1) is 17.9 Å². The zero-order valence-electron chi connectivity index (χ0n) is 14.2. The summed E-state index contributed by atoms with van der Waals surface area (Å²) < 4.78 is 32.5. The average molecular weight is 386 g/mol. The Kier molecular flexibility index (Phi) is 5.93. The summed E-state index contributed by atoms with van der Waals surface area (Å²) in [5.41, 5.74) is 1.24. The van der Waals surface area contributed by atoms with Gasteiger partial charge in [0.2, 0.25) is 0 Å². The minimum Gasteiger partial charge on any atom is -0.488 e. The Morgan fingerprint density at radius 2 is 2.07 bits per heavy atom. The van der Waals surface area contributed by atoms with Crippen LogP contribution in [0, 0.1) is 11.6 Å². The van der Waals surface area contributed by atoms with Crippen LogP contribution in [0.5, 0.6) is 5.75 Å². The summed E-state index contributed by atoms with van der Waals surface area (Å²) >= 11 is 1.30. The van der Waals surface area contributed by atoms with Crippen LogP contribution in [0.25, 0.3) is 10.6 Å². The zero-order chi connectivity index (χ0) is 19.2. The Hall–Kier alpha value is -3.06. The Bertz CT molecular complexity index is 972. The lowest BCUT2D eigenvalue weighted by molar-refractivity contribution is 0.0954. The molecular weight excluding hydrogens is 370 g/mol. The maximum absolute atomic E-state index is 13.8. The summed E-state index contributed by atoms with van der Waals surface area (Å²) in [6, 6.07) is 10.5. The molecule has 1 amide bonds. The van der Waals surface area contributed by atoms with Crippen LogP contribution in [0.2, 0.25) is 0 Å². The number of nitrogens with one attached hydrogen (secondary N) is 1. The van der Waals surface area contributed by atoms with Gasteiger partial charge in [-0.2, -0.15) is 0 Å². The SMILES string of the molecule is C=CCNC(=O)c1csc(-c2ccccc2OCc2ccc(F)cc2F)n1. The molecule has 0 radical (unpaired) electrons. The highest BCUT2D eigenvalue weighted by Gasteiger charge is 2.15. The monoisotopic (exact) mass is 386 g/mol. The summed E-state index contributed by atoms with van der Waals surface area (Å²) in [6.45, 7) is 3.85. The van der Waals surface area contributed by atoms with Crippen molar-refractivity contribution in [2.24, 2.45) is 0 Å². The van der Waals surface area contributed by atoms with E-state index in [1.54, 1.807) is 29.7 Å². The van der Waals surface area contributed by atoms with Crippen LogP contribution in [-0.2, 0) is 6.61 Å². The molecule has 0 saturated carbocycles. The number of benzene rings is 2. The number of rotatable bonds is 7. The zero-order valence-corrected chi connectivity index (χ0v) is 15.1. The highest BCUT2D eigenvalue weighted by molar-refractivity contribution is 7.13. The first kappa shape index (κ1) is 18.7. The van der Waals surface area contributed by atoms with Gasteiger partial charge >= 0.3 is 0 Å². The van der Waals surface area contributed by atoms with Crippen LogP contribution in [0.3, 0.4) is 0 Å². The van der Waals surface area contributed by atoms with Crippen molar-refractivity contribution >= 4 is 17.2 Å². The standard InChI is InChI=1S/C20H16F2N2O2S/c1-2-9-23-19(25)17-12-27-20(24-17)15-5-3-4-6-18(15)26-11-13-7-8-14(21)10-16(13)22/h2-8,10,12H,1,9,11H2,(H,23,25). The Morgan fingerprint density at radius 1 is 1.26 bits per heavy atom. The van der Waals surface area contributed by atoms with E-state index in [4.69, 9.17) is 4.74 Å². The Balaban J connectivity index is 1.79. The third kappa shape index (κ3) is 4.57. The second-order valence-corrected chi connectivity index (χ2v) is 6.42. The molecule has 0 saturated heterocycles. The number of thiazole rings is 1. The highest BCUT2D eigenvalue weighted by atomic mass is 32.1. The third-order valence-corrected chi connectivity index (χ3v) is 4.54. The molecule has 0 fully saturated rings. The van der Waals surface area contributed by atoms with Crippen LogP contribution in [-0.4, -0.2) is 17.4 Å². The maximum Gasteiger partial charge on any atom is 0.271 e. The van der Waals surface area contributed by atoms with E-state index in [9.17, 15) is 13.6 Å². The summed E-state index contributed by atoms with van der Waals surface area (Å²) in [6.07, 6.45) is 1.59. The molecule has 4 nitrogen and oxygen atoms in total. The number of carbonyl (C=O) groups is 1.